The van der Waals surface area contributed by atoms with E-state index in [9.17, 15) is 4.79 Å². The van der Waals surface area contributed by atoms with Crippen LogP contribution in [0.4, 0.5) is 5.69 Å². The fourth-order valence-electron chi connectivity index (χ4n) is 3.32. The summed E-state index contributed by atoms with van der Waals surface area (Å²) in [5, 5.41) is 5.74. The molecular weight excluding hydrogens is 386 g/mol. The van der Waals surface area contributed by atoms with Gasteiger partial charge >= 0.3 is 0 Å². The van der Waals surface area contributed by atoms with Gasteiger partial charge in [0.15, 0.2) is 11.9 Å². The summed E-state index contributed by atoms with van der Waals surface area (Å²) in [6.45, 7) is 0. The van der Waals surface area contributed by atoms with E-state index in [0.29, 0.717) is 28.0 Å². The van der Waals surface area contributed by atoms with Gasteiger partial charge in [0.1, 0.15) is 5.52 Å². The first-order valence-electron chi connectivity index (χ1n) is 8.99. The molecule has 0 radical (unpaired) electrons. The van der Waals surface area contributed by atoms with Crippen LogP contribution in [-0.2, 0) is 4.79 Å². The number of carbonyl (C=O) groups is 1. The molecule has 2 heterocycles. The molecule has 0 fully saturated rings. The Hall–Kier alpha value is -3.70. The van der Waals surface area contributed by atoms with Gasteiger partial charge in [0, 0.05) is 22.0 Å². The molecule has 0 bridgehead atoms. The maximum absolute atomic E-state index is 11.8. The number of pyridine rings is 1. The second-order valence-electron chi connectivity index (χ2n) is 6.51. The predicted molar refractivity (Wildman–Crippen MR) is 116 cm³/mol. The van der Waals surface area contributed by atoms with Gasteiger partial charge in [-0.05, 0) is 30.3 Å². The predicted octanol–water partition coefficient (Wildman–Crippen LogP) is 5.83. The Labute approximate surface area is 170 Å². The molecule has 0 amide bonds. The third kappa shape index (κ3) is 3.11. The minimum Gasteiger partial charge on any atom is -0.436 e. The van der Waals surface area contributed by atoms with Gasteiger partial charge < -0.3 is 9.73 Å². The van der Waals surface area contributed by atoms with Gasteiger partial charge in [-0.2, -0.15) is 0 Å². The third-order valence-corrected chi connectivity index (χ3v) is 4.92. The third-order valence-electron chi connectivity index (χ3n) is 4.68. The molecule has 29 heavy (non-hydrogen) atoms. The van der Waals surface area contributed by atoms with Gasteiger partial charge in [0.25, 0.3) is 0 Å². The fraction of sp³-hybridized carbons (Fsp3) is 0. The molecule has 6 heteroatoms. The van der Waals surface area contributed by atoms with E-state index in [0.717, 1.165) is 27.5 Å². The maximum atomic E-state index is 11.8. The van der Waals surface area contributed by atoms with Crippen LogP contribution >= 0.6 is 11.6 Å². The summed E-state index contributed by atoms with van der Waals surface area (Å²) in [4.78, 5) is 20.8. The Morgan fingerprint density at radius 3 is 2.28 bits per heavy atom. The maximum Gasteiger partial charge on any atom is 0.232 e. The first-order valence-corrected chi connectivity index (χ1v) is 9.36. The highest BCUT2D eigenvalue weighted by molar-refractivity contribution is 6.31. The van der Waals surface area contributed by atoms with Crippen molar-refractivity contribution in [1.82, 2.24) is 9.97 Å². The SMILES string of the molecule is O=CC(=CNc1c2ccccc2nc2ccccc12)c1nc2cc(Cl)ccc2o1. The molecule has 3 aromatic carbocycles. The van der Waals surface area contributed by atoms with Gasteiger partial charge in [-0.15, -0.1) is 0 Å². The molecule has 0 aliphatic carbocycles. The Kier molecular flexibility index (Phi) is 4.22. The van der Waals surface area contributed by atoms with Gasteiger partial charge in [-0.1, -0.05) is 48.0 Å². The van der Waals surface area contributed by atoms with E-state index in [1.807, 2.05) is 48.5 Å². The van der Waals surface area contributed by atoms with Gasteiger partial charge in [-0.3, -0.25) is 4.79 Å². The monoisotopic (exact) mass is 399 g/mol. The van der Waals surface area contributed by atoms with Crippen LogP contribution in [0.5, 0.6) is 0 Å². The summed E-state index contributed by atoms with van der Waals surface area (Å²) in [5.74, 6) is 0.229. The number of aromatic nitrogens is 2. The molecule has 0 spiro atoms. The standard InChI is InChI=1S/C23H14ClN3O2/c24-15-9-10-21-20(11-15)27-23(29-21)14(13-28)12-25-22-16-5-1-3-7-18(16)26-19-8-4-2-6-17(19)22/h1-13H,(H,25,26). The van der Waals surface area contributed by atoms with Crippen LogP contribution in [0.25, 0.3) is 38.5 Å². The summed E-state index contributed by atoms with van der Waals surface area (Å²) in [6.07, 6.45) is 2.32. The molecule has 0 unspecified atom stereocenters. The summed E-state index contributed by atoms with van der Waals surface area (Å²) in [5.41, 5.74) is 4.06. The van der Waals surface area contributed by atoms with Crippen LogP contribution in [0.3, 0.4) is 0 Å². The lowest BCUT2D eigenvalue weighted by molar-refractivity contribution is -0.103. The van der Waals surface area contributed by atoms with Gasteiger partial charge in [-0.25, -0.2) is 9.97 Å². The van der Waals surface area contributed by atoms with Crippen LogP contribution in [0.1, 0.15) is 5.89 Å². The van der Waals surface area contributed by atoms with Crippen LogP contribution in [-0.4, -0.2) is 16.3 Å². The zero-order valence-electron chi connectivity index (χ0n) is 15.1. The smallest absolute Gasteiger partial charge is 0.232 e. The zero-order chi connectivity index (χ0) is 19.8. The topological polar surface area (TPSA) is 68.0 Å². The minimum absolute atomic E-state index is 0.229. The number of hydrogen-bond donors (Lipinski definition) is 1. The molecule has 5 nitrogen and oxygen atoms in total. The van der Waals surface area contributed by atoms with Gasteiger partial charge in [0.05, 0.1) is 22.3 Å². The zero-order valence-corrected chi connectivity index (χ0v) is 15.9. The number of hydrogen-bond acceptors (Lipinski definition) is 5. The van der Waals surface area contributed by atoms with E-state index in [-0.39, 0.29) is 5.89 Å². The van der Waals surface area contributed by atoms with Crippen molar-refractivity contribution in [3.05, 3.63) is 83.8 Å². The molecular formula is C23H14ClN3O2. The van der Waals surface area contributed by atoms with E-state index < -0.39 is 0 Å². The number of fused-ring (bicyclic) bond motifs is 3. The van der Waals surface area contributed by atoms with E-state index >= 15 is 0 Å². The number of halogens is 1. The largest absolute Gasteiger partial charge is 0.436 e. The summed E-state index contributed by atoms with van der Waals surface area (Å²) in [7, 11) is 0. The summed E-state index contributed by atoms with van der Waals surface area (Å²) in [6, 6.07) is 20.9. The molecule has 1 N–H and O–H groups in total. The van der Waals surface area contributed by atoms with Crippen LogP contribution in [0.15, 0.2) is 77.3 Å². The van der Waals surface area contributed by atoms with E-state index in [1.54, 1.807) is 24.4 Å². The Balaban J connectivity index is 1.63. The summed E-state index contributed by atoms with van der Waals surface area (Å²) >= 11 is 6.01. The first kappa shape index (κ1) is 17.4. The highest BCUT2D eigenvalue weighted by Crippen LogP contribution is 2.31. The number of rotatable bonds is 4. The number of aldehydes is 1. The highest BCUT2D eigenvalue weighted by Gasteiger charge is 2.12. The average Bonchev–Trinajstić information content (AvgIpc) is 3.16. The average molecular weight is 400 g/mol. The quantitative estimate of drug-likeness (QED) is 0.234. The van der Waals surface area contributed by atoms with Crippen molar-refractivity contribution >= 4 is 62.1 Å². The fourth-order valence-corrected chi connectivity index (χ4v) is 3.48. The molecule has 0 atom stereocenters. The highest BCUT2D eigenvalue weighted by atomic mass is 35.5. The number of oxazole rings is 1. The Morgan fingerprint density at radius 2 is 1.59 bits per heavy atom. The van der Waals surface area contributed by atoms with Crippen molar-refractivity contribution in [3.63, 3.8) is 0 Å². The van der Waals surface area contributed by atoms with E-state index in [1.165, 1.54) is 0 Å². The van der Waals surface area contributed by atoms with Crippen LogP contribution in [0.2, 0.25) is 5.02 Å². The first-order chi connectivity index (χ1) is 14.2. The number of anilines is 1. The van der Waals surface area contributed by atoms with Crippen molar-refractivity contribution in [2.24, 2.45) is 0 Å². The van der Waals surface area contributed by atoms with E-state index in [2.05, 4.69) is 10.3 Å². The molecule has 2 aromatic heterocycles. The molecule has 5 rings (SSSR count). The lowest BCUT2D eigenvalue weighted by Crippen LogP contribution is -1.97. The van der Waals surface area contributed by atoms with Crippen molar-refractivity contribution in [3.8, 4) is 0 Å². The second kappa shape index (κ2) is 7.04. The molecule has 5 aromatic rings. The normalized spacial score (nSPS) is 12.0. The van der Waals surface area contributed by atoms with Crippen molar-refractivity contribution in [1.29, 1.82) is 0 Å². The van der Waals surface area contributed by atoms with Crippen molar-refractivity contribution < 1.29 is 9.21 Å². The number of benzene rings is 3. The lowest BCUT2D eigenvalue weighted by atomic mass is 10.1. The van der Waals surface area contributed by atoms with Crippen LogP contribution < -0.4 is 5.32 Å². The molecule has 0 saturated heterocycles. The molecule has 0 aliphatic heterocycles. The van der Waals surface area contributed by atoms with Gasteiger partial charge in [0.2, 0.25) is 5.89 Å². The number of nitrogens with one attached hydrogen (secondary N) is 1. The number of allylic oxidation sites excluding steroid dienone is 1. The molecule has 0 saturated carbocycles. The second-order valence-corrected chi connectivity index (χ2v) is 6.95. The Bertz CT molecular complexity index is 1370. The summed E-state index contributed by atoms with van der Waals surface area (Å²) < 4.78 is 5.72. The lowest BCUT2D eigenvalue weighted by Gasteiger charge is -2.10. The number of carbonyl (C=O) groups excluding carboxylic acids is 1. The number of nitrogens with zero attached hydrogens (tertiary/aromatic N) is 2. The molecule has 0 aliphatic rings. The molecule has 140 valence electrons. The van der Waals surface area contributed by atoms with Crippen molar-refractivity contribution in [2.75, 3.05) is 5.32 Å². The Morgan fingerprint density at radius 1 is 0.897 bits per heavy atom. The minimum atomic E-state index is 0.229. The van der Waals surface area contributed by atoms with Crippen LogP contribution in [0, 0.1) is 0 Å². The van der Waals surface area contributed by atoms with Crippen molar-refractivity contribution in [2.45, 2.75) is 0 Å². The number of para-hydroxylation sites is 2. The van der Waals surface area contributed by atoms with E-state index in [4.69, 9.17) is 21.0 Å².